The molecule has 0 spiro atoms. The lowest BCUT2D eigenvalue weighted by Crippen LogP contribution is -2.13. The second-order valence-corrected chi connectivity index (χ2v) is 6.73. The van der Waals surface area contributed by atoms with Gasteiger partial charge in [0.25, 0.3) is 10.0 Å². The number of aryl methyl sites for hydroxylation is 1. The summed E-state index contributed by atoms with van der Waals surface area (Å²) in [6.07, 6.45) is 0. The van der Waals surface area contributed by atoms with E-state index >= 15 is 0 Å². The van der Waals surface area contributed by atoms with Gasteiger partial charge in [0.05, 0.1) is 10.6 Å². The quantitative estimate of drug-likeness (QED) is 0.912. The molecular formula is C13H10Cl2FNO2S. The van der Waals surface area contributed by atoms with Crippen LogP contribution in [0.1, 0.15) is 5.56 Å². The molecule has 2 rings (SSSR count). The zero-order valence-corrected chi connectivity index (χ0v) is 12.7. The van der Waals surface area contributed by atoms with Crippen LogP contribution < -0.4 is 4.72 Å². The van der Waals surface area contributed by atoms with Crippen LogP contribution in [0.15, 0.2) is 41.3 Å². The van der Waals surface area contributed by atoms with Gasteiger partial charge in [-0.1, -0.05) is 23.2 Å². The van der Waals surface area contributed by atoms with Gasteiger partial charge in [0.1, 0.15) is 5.82 Å². The fourth-order valence-corrected chi connectivity index (χ4v) is 3.26. The number of nitrogens with one attached hydrogen (secondary N) is 1. The van der Waals surface area contributed by atoms with Crippen molar-refractivity contribution in [3.63, 3.8) is 0 Å². The van der Waals surface area contributed by atoms with Gasteiger partial charge in [-0.05, 0) is 48.9 Å². The van der Waals surface area contributed by atoms with E-state index in [1.165, 1.54) is 37.3 Å². The molecule has 0 aromatic heterocycles. The molecule has 0 bridgehead atoms. The van der Waals surface area contributed by atoms with E-state index in [-0.39, 0.29) is 16.1 Å². The number of anilines is 1. The van der Waals surface area contributed by atoms with Crippen molar-refractivity contribution < 1.29 is 12.8 Å². The number of rotatable bonds is 3. The fourth-order valence-electron chi connectivity index (χ4n) is 1.61. The highest BCUT2D eigenvalue weighted by molar-refractivity contribution is 7.92. The molecule has 7 heteroatoms. The van der Waals surface area contributed by atoms with Gasteiger partial charge in [-0.25, -0.2) is 12.8 Å². The third-order valence-corrected chi connectivity index (χ3v) is 4.37. The maximum atomic E-state index is 13.2. The standard InChI is InChI=1S/C13H10Cl2FNO2S/c1-8-4-12(2-3-13(8)16)20(18,19)17-11-6-9(14)5-10(15)7-11/h2-7,17H,1H3. The van der Waals surface area contributed by atoms with Crippen LogP contribution in [0.2, 0.25) is 10.0 Å². The summed E-state index contributed by atoms with van der Waals surface area (Å²) in [7, 11) is -3.82. The van der Waals surface area contributed by atoms with Gasteiger partial charge in [0.15, 0.2) is 0 Å². The van der Waals surface area contributed by atoms with E-state index in [0.29, 0.717) is 10.0 Å². The first-order chi connectivity index (χ1) is 9.28. The lowest BCUT2D eigenvalue weighted by Gasteiger charge is -2.09. The van der Waals surface area contributed by atoms with Gasteiger partial charge in [-0.3, -0.25) is 4.72 Å². The summed E-state index contributed by atoms with van der Waals surface area (Å²) in [6, 6.07) is 7.90. The van der Waals surface area contributed by atoms with Crippen LogP contribution in [0.25, 0.3) is 0 Å². The Balaban J connectivity index is 2.37. The molecule has 0 unspecified atom stereocenters. The summed E-state index contributed by atoms with van der Waals surface area (Å²) in [6.45, 7) is 1.49. The molecule has 2 aromatic carbocycles. The monoisotopic (exact) mass is 333 g/mol. The minimum atomic E-state index is -3.82. The van der Waals surface area contributed by atoms with Crippen LogP contribution in [0.5, 0.6) is 0 Å². The second-order valence-electron chi connectivity index (χ2n) is 4.17. The lowest BCUT2D eigenvalue weighted by molar-refractivity contribution is 0.598. The van der Waals surface area contributed by atoms with E-state index in [0.717, 1.165) is 6.07 Å². The SMILES string of the molecule is Cc1cc(S(=O)(=O)Nc2cc(Cl)cc(Cl)c2)ccc1F. The molecular weight excluding hydrogens is 324 g/mol. The summed E-state index contributed by atoms with van der Waals surface area (Å²) >= 11 is 11.6. The molecule has 1 N–H and O–H groups in total. The molecule has 0 aliphatic carbocycles. The highest BCUT2D eigenvalue weighted by Gasteiger charge is 2.16. The third kappa shape index (κ3) is 3.42. The zero-order chi connectivity index (χ0) is 14.9. The minimum absolute atomic E-state index is 0.0347. The molecule has 0 aliphatic rings. The molecule has 0 amide bonds. The molecule has 0 atom stereocenters. The summed E-state index contributed by atoms with van der Waals surface area (Å²) in [5.41, 5.74) is 0.487. The molecule has 3 nitrogen and oxygen atoms in total. The van der Waals surface area contributed by atoms with Crippen molar-refractivity contribution in [2.75, 3.05) is 4.72 Å². The number of halogens is 3. The smallest absolute Gasteiger partial charge is 0.261 e. The van der Waals surface area contributed by atoms with E-state index in [9.17, 15) is 12.8 Å². The average Bonchev–Trinajstić information content (AvgIpc) is 2.30. The van der Waals surface area contributed by atoms with E-state index in [2.05, 4.69) is 4.72 Å². The average molecular weight is 334 g/mol. The van der Waals surface area contributed by atoms with Gasteiger partial charge in [-0.15, -0.1) is 0 Å². The number of benzene rings is 2. The molecule has 0 aliphatic heterocycles. The molecule has 0 fully saturated rings. The number of sulfonamides is 1. The van der Waals surface area contributed by atoms with E-state index in [4.69, 9.17) is 23.2 Å². The van der Waals surface area contributed by atoms with Crippen LogP contribution in [-0.2, 0) is 10.0 Å². The van der Waals surface area contributed by atoms with Crippen molar-refractivity contribution in [3.8, 4) is 0 Å². The first-order valence-corrected chi connectivity index (χ1v) is 7.77. The van der Waals surface area contributed by atoms with E-state index in [1.54, 1.807) is 0 Å². The number of hydrogen-bond donors (Lipinski definition) is 1. The van der Waals surface area contributed by atoms with Crippen LogP contribution in [-0.4, -0.2) is 8.42 Å². The molecule has 20 heavy (non-hydrogen) atoms. The van der Waals surface area contributed by atoms with Crippen LogP contribution in [0, 0.1) is 12.7 Å². The highest BCUT2D eigenvalue weighted by atomic mass is 35.5. The van der Waals surface area contributed by atoms with Crippen LogP contribution in [0.3, 0.4) is 0 Å². The predicted molar refractivity (Wildman–Crippen MR) is 78.4 cm³/mol. The van der Waals surface area contributed by atoms with Crippen molar-refractivity contribution in [1.29, 1.82) is 0 Å². The van der Waals surface area contributed by atoms with Gasteiger partial charge in [0.2, 0.25) is 0 Å². The molecule has 2 aromatic rings. The summed E-state index contributed by atoms with van der Waals surface area (Å²) in [5, 5.41) is 0.621. The van der Waals surface area contributed by atoms with E-state index in [1.807, 2.05) is 0 Å². The van der Waals surface area contributed by atoms with Crippen LogP contribution >= 0.6 is 23.2 Å². The van der Waals surface area contributed by atoms with Crippen LogP contribution in [0.4, 0.5) is 10.1 Å². The van der Waals surface area contributed by atoms with E-state index < -0.39 is 15.8 Å². The Morgan fingerprint density at radius 1 is 1.05 bits per heavy atom. The third-order valence-electron chi connectivity index (χ3n) is 2.55. The van der Waals surface area contributed by atoms with Crippen molar-refractivity contribution in [3.05, 3.63) is 57.8 Å². The molecule has 0 heterocycles. The Morgan fingerprint density at radius 2 is 1.65 bits per heavy atom. The Bertz CT molecular complexity index is 743. The largest absolute Gasteiger partial charge is 0.280 e. The second kappa shape index (κ2) is 5.60. The summed E-state index contributed by atoms with van der Waals surface area (Å²) in [4.78, 5) is -0.0347. The first-order valence-electron chi connectivity index (χ1n) is 5.53. The van der Waals surface area contributed by atoms with Crippen molar-refractivity contribution in [1.82, 2.24) is 0 Å². The maximum Gasteiger partial charge on any atom is 0.261 e. The van der Waals surface area contributed by atoms with Crippen molar-refractivity contribution >= 4 is 38.9 Å². The zero-order valence-electron chi connectivity index (χ0n) is 10.3. The Morgan fingerprint density at radius 3 is 2.20 bits per heavy atom. The van der Waals surface area contributed by atoms with Gasteiger partial charge < -0.3 is 0 Å². The fraction of sp³-hybridized carbons (Fsp3) is 0.0769. The number of hydrogen-bond acceptors (Lipinski definition) is 2. The first kappa shape index (κ1) is 15.1. The summed E-state index contributed by atoms with van der Waals surface area (Å²) < 4.78 is 39.8. The minimum Gasteiger partial charge on any atom is -0.280 e. The van der Waals surface area contributed by atoms with Gasteiger partial charge in [0, 0.05) is 10.0 Å². The molecule has 0 saturated heterocycles. The Labute approximate surface area is 126 Å². The summed E-state index contributed by atoms with van der Waals surface area (Å²) in [5.74, 6) is -0.463. The van der Waals surface area contributed by atoms with Gasteiger partial charge in [-0.2, -0.15) is 0 Å². The maximum absolute atomic E-state index is 13.2. The predicted octanol–water partition coefficient (Wildman–Crippen LogP) is 4.24. The Hall–Kier alpha value is -1.30. The van der Waals surface area contributed by atoms with Crippen molar-refractivity contribution in [2.24, 2.45) is 0 Å². The molecule has 0 saturated carbocycles. The van der Waals surface area contributed by atoms with Gasteiger partial charge >= 0.3 is 0 Å². The lowest BCUT2D eigenvalue weighted by atomic mass is 10.2. The molecule has 0 radical (unpaired) electrons. The topological polar surface area (TPSA) is 46.2 Å². The molecule has 106 valence electrons. The van der Waals surface area contributed by atoms with Crippen molar-refractivity contribution in [2.45, 2.75) is 11.8 Å². The normalized spacial score (nSPS) is 11.4. The Kier molecular flexibility index (Phi) is 4.22. The highest BCUT2D eigenvalue weighted by Crippen LogP contribution is 2.25.